The third-order valence-electron chi connectivity index (χ3n) is 7.92. The highest BCUT2D eigenvalue weighted by atomic mass is 16.6. The van der Waals surface area contributed by atoms with Gasteiger partial charge in [-0.3, -0.25) is 4.79 Å². The lowest BCUT2D eigenvalue weighted by atomic mass is 9.80. The van der Waals surface area contributed by atoms with E-state index >= 15 is 0 Å². The maximum atomic E-state index is 14.2. The van der Waals surface area contributed by atoms with E-state index in [9.17, 15) is 19.2 Å². The van der Waals surface area contributed by atoms with Crippen LogP contribution in [0.3, 0.4) is 0 Å². The zero-order valence-corrected chi connectivity index (χ0v) is 26.8. The highest BCUT2D eigenvalue weighted by molar-refractivity contribution is 5.96. The van der Waals surface area contributed by atoms with E-state index in [1.807, 2.05) is 91.0 Å². The first-order valence-electron chi connectivity index (χ1n) is 15.6. The highest BCUT2D eigenvalue weighted by Gasteiger charge is 2.54. The summed E-state index contributed by atoms with van der Waals surface area (Å²) in [6.07, 6.45) is 0.861. The lowest BCUT2D eigenvalue weighted by molar-refractivity contribution is -0.165. The second-order valence-corrected chi connectivity index (χ2v) is 12.4. The molecule has 1 atom stereocenters. The van der Waals surface area contributed by atoms with Crippen molar-refractivity contribution >= 4 is 29.6 Å². The molecule has 9 nitrogen and oxygen atoms in total. The molecule has 0 aromatic heterocycles. The minimum absolute atomic E-state index is 0.119. The molecule has 1 aliphatic rings. The van der Waals surface area contributed by atoms with Crippen molar-refractivity contribution in [3.8, 4) is 0 Å². The van der Waals surface area contributed by atoms with Crippen LogP contribution in [0.4, 0.5) is 10.5 Å². The number of likely N-dealkylation sites (tertiary alicyclic amines) is 1. The van der Waals surface area contributed by atoms with Gasteiger partial charge in [0.05, 0.1) is 17.6 Å². The molecule has 5 rings (SSSR count). The number of carbonyl (C=O) groups excluding carboxylic acids is 4. The number of urea groups is 1. The first-order chi connectivity index (χ1) is 22.6. The van der Waals surface area contributed by atoms with Crippen LogP contribution in [0.25, 0.3) is 0 Å². The lowest BCUT2D eigenvalue weighted by Gasteiger charge is -2.42. The Bertz CT molecular complexity index is 1660. The number of nitrogens with one attached hydrogen (secondary N) is 2. The minimum Gasteiger partial charge on any atom is -0.458 e. The van der Waals surface area contributed by atoms with Gasteiger partial charge in [-0.25, -0.2) is 14.4 Å². The maximum absolute atomic E-state index is 14.2. The van der Waals surface area contributed by atoms with Gasteiger partial charge >= 0.3 is 18.0 Å². The van der Waals surface area contributed by atoms with Gasteiger partial charge in [0.15, 0.2) is 0 Å². The predicted molar refractivity (Wildman–Crippen MR) is 178 cm³/mol. The molecule has 2 N–H and O–H groups in total. The highest BCUT2D eigenvalue weighted by Crippen LogP contribution is 2.47. The zero-order valence-electron chi connectivity index (χ0n) is 26.8. The smallest absolute Gasteiger partial charge is 0.338 e. The quantitative estimate of drug-likeness (QED) is 0.205. The van der Waals surface area contributed by atoms with Gasteiger partial charge in [0.25, 0.3) is 0 Å². The summed E-state index contributed by atoms with van der Waals surface area (Å²) in [7, 11) is 0. The third-order valence-corrected chi connectivity index (χ3v) is 7.92. The van der Waals surface area contributed by atoms with Crippen LogP contribution in [-0.4, -0.2) is 47.0 Å². The standard InChI is InChI=1S/C38H39N3O6/c1-37(2,3)47-35(44)32-22-23-38(29-17-9-5-10-18-29,30-19-11-6-12-20-30)41(32)33(42)25-39-36(45)40-31-21-13-16-28(24-31)34(43)46-26-27-14-7-4-8-15-27/h4-21,24,32H,22-23,25-26H2,1-3H3,(H2,39,40,45). The van der Waals surface area contributed by atoms with Gasteiger partial charge < -0.3 is 25.0 Å². The van der Waals surface area contributed by atoms with Gasteiger partial charge in [0.1, 0.15) is 18.2 Å². The molecule has 242 valence electrons. The third kappa shape index (κ3) is 7.87. The number of benzene rings is 4. The SMILES string of the molecule is CC(C)(C)OC(=O)C1CCC(c2ccccc2)(c2ccccc2)N1C(=O)CNC(=O)Nc1cccc(C(=O)OCc2ccccc2)c1. The fourth-order valence-electron chi connectivity index (χ4n) is 5.95. The second kappa shape index (κ2) is 14.3. The Balaban J connectivity index is 1.33. The molecule has 0 saturated carbocycles. The lowest BCUT2D eigenvalue weighted by Crippen LogP contribution is -2.55. The van der Waals surface area contributed by atoms with E-state index in [1.165, 1.54) is 6.07 Å². The molecule has 0 radical (unpaired) electrons. The van der Waals surface area contributed by atoms with Gasteiger partial charge in [-0.05, 0) is 68.5 Å². The summed E-state index contributed by atoms with van der Waals surface area (Å²) in [6.45, 7) is 5.10. The van der Waals surface area contributed by atoms with E-state index in [4.69, 9.17) is 9.47 Å². The molecule has 0 spiro atoms. The van der Waals surface area contributed by atoms with Crippen molar-refractivity contribution in [2.45, 2.75) is 57.4 Å². The average molecular weight is 634 g/mol. The molecule has 47 heavy (non-hydrogen) atoms. The molecule has 0 aliphatic carbocycles. The summed E-state index contributed by atoms with van der Waals surface area (Å²) in [5.74, 6) is -1.48. The number of esters is 2. The average Bonchev–Trinajstić information content (AvgIpc) is 3.49. The first kappa shape index (κ1) is 32.9. The monoisotopic (exact) mass is 633 g/mol. The summed E-state index contributed by atoms with van der Waals surface area (Å²) in [4.78, 5) is 55.0. The number of anilines is 1. The van der Waals surface area contributed by atoms with Gasteiger partial charge in [0, 0.05) is 5.69 Å². The topological polar surface area (TPSA) is 114 Å². The van der Waals surface area contributed by atoms with Crippen molar-refractivity contribution in [1.82, 2.24) is 10.2 Å². The zero-order chi connectivity index (χ0) is 33.4. The van der Waals surface area contributed by atoms with Crippen molar-refractivity contribution in [2.24, 2.45) is 0 Å². The van der Waals surface area contributed by atoms with Crippen LogP contribution in [0, 0.1) is 0 Å². The fraction of sp³-hybridized carbons (Fsp3) is 0.263. The van der Waals surface area contributed by atoms with E-state index in [-0.39, 0.29) is 18.7 Å². The van der Waals surface area contributed by atoms with E-state index in [0.29, 0.717) is 18.5 Å². The number of hydrogen-bond donors (Lipinski definition) is 2. The van der Waals surface area contributed by atoms with Gasteiger partial charge in [-0.15, -0.1) is 0 Å². The van der Waals surface area contributed by atoms with E-state index in [1.54, 1.807) is 43.9 Å². The maximum Gasteiger partial charge on any atom is 0.338 e. The summed E-state index contributed by atoms with van der Waals surface area (Å²) in [6, 6.07) is 33.4. The molecule has 3 amide bonds. The summed E-state index contributed by atoms with van der Waals surface area (Å²) >= 11 is 0. The largest absolute Gasteiger partial charge is 0.458 e. The Morgan fingerprint density at radius 3 is 2.00 bits per heavy atom. The van der Waals surface area contributed by atoms with Crippen molar-refractivity contribution in [3.63, 3.8) is 0 Å². The number of carbonyl (C=O) groups is 4. The molecule has 4 aromatic carbocycles. The predicted octanol–water partition coefficient (Wildman–Crippen LogP) is 6.44. The second-order valence-electron chi connectivity index (χ2n) is 12.4. The molecule has 1 saturated heterocycles. The van der Waals surface area contributed by atoms with Crippen molar-refractivity contribution in [3.05, 3.63) is 138 Å². The van der Waals surface area contributed by atoms with Crippen molar-refractivity contribution in [1.29, 1.82) is 0 Å². The van der Waals surface area contributed by atoms with Crippen molar-refractivity contribution in [2.75, 3.05) is 11.9 Å². The summed E-state index contributed by atoms with van der Waals surface area (Å²) in [5.41, 5.74) is 1.46. The molecule has 1 unspecified atom stereocenters. The van der Waals surface area contributed by atoms with Crippen LogP contribution in [0.1, 0.15) is 60.7 Å². The molecular weight excluding hydrogens is 594 g/mol. The molecule has 9 heteroatoms. The summed E-state index contributed by atoms with van der Waals surface area (Å²) in [5, 5.41) is 5.33. The molecule has 0 bridgehead atoms. The number of nitrogens with zero attached hydrogens (tertiary/aromatic N) is 1. The Kier molecular flexibility index (Phi) is 10.0. The van der Waals surface area contributed by atoms with Gasteiger partial charge in [0.2, 0.25) is 5.91 Å². The van der Waals surface area contributed by atoms with Crippen LogP contribution < -0.4 is 10.6 Å². The van der Waals surface area contributed by atoms with Gasteiger partial charge in [-0.2, -0.15) is 0 Å². The number of hydrogen-bond acceptors (Lipinski definition) is 6. The number of amides is 3. The van der Waals surface area contributed by atoms with Crippen LogP contribution in [0.2, 0.25) is 0 Å². The minimum atomic E-state index is -0.965. The first-order valence-corrected chi connectivity index (χ1v) is 15.6. The van der Waals surface area contributed by atoms with Crippen LogP contribution in [-0.2, 0) is 31.2 Å². The van der Waals surface area contributed by atoms with Crippen LogP contribution >= 0.6 is 0 Å². The summed E-state index contributed by atoms with van der Waals surface area (Å²) < 4.78 is 11.2. The Morgan fingerprint density at radius 2 is 1.40 bits per heavy atom. The fourth-order valence-corrected chi connectivity index (χ4v) is 5.95. The van der Waals surface area contributed by atoms with E-state index in [0.717, 1.165) is 16.7 Å². The van der Waals surface area contributed by atoms with E-state index in [2.05, 4.69) is 10.6 Å². The molecule has 1 heterocycles. The van der Waals surface area contributed by atoms with Crippen LogP contribution in [0.15, 0.2) is 115 Å². The normalized spacial score (nSPS) is 15.4. The molecule has 4 aromatic rings. The van der Waals surface area contributed by atoms with Gasteiger partial charge in [-0.1, -0.05) is 97.1 Å². The Morgan fingerprint density at radius 1 is 0.809 bits per heavy atom. The number of rotatable bonds is 9. The molecule has 1 fully saturated rings. The van der Waals surface area contributed by atoms with Crippen LogP contribution in [0.5, 0.6) is 0 Å². The number of ether oxygens (including phenoxy) is 2. The molecule has 1 aliphatic heterocycles. The van der Waals surface area contributed by atoms with E-state index < -0.39 is 41.1 Å². The van der Waals surface area contributed by atoms with Crippen molar-refractivity contribution < 1.29 is 28.7 Å². The Hall–Kier alpha value is -5.44. The Labute approximate surface area is 274 Å². The molecular formula is C38H39N3O6.